The van der Waals surface area contributed by atoms with E-state index in [0.29, 0.717) is 17.0 Å². The van der Waals surface area contributed by atoms with Crippen molar-refractivity contribution in [3.8, 4) is 17.0 Å². The van der Waals surface area contributed by atoms with Gasteiger partial charge in [-0.3, -0.25) is 0 Å². The number of benzene rings is 2. The summed E-state index contributed by atoms with van der Waals surface area (Å²) in [6.07, 6.45) is 1.67. The fraction of sp³-hybridized carbons (Fsp3) is 0.0556. The lowest BCUT2D eigenvalue weighted by molar-refractivity contribution is 0.295. The summed E-state index contributed by atoms with van der Waals surface area (Å²) >= 11 is 3.16. The summed E-state index contributed by atoms with van der Waals surface area (Å²) in [5, 5.41) is 0. The van der Waals surface area contributed by atoms with E-state index >= 15 is 0 Å². The molecular weight excluding hydrogens is 345 g/mol. The lowest BCUT2D eigenvalue weighted by Crippen LogP contribution is -1.99. The minimum atomic E-state index is -0.310. The number of hydrogen-bond donors (Lipinski definition) is 0. The molecule has 0 amide bonds. The number of ether oxygens (including phenoxy) is 1. The standard InChI is InChI=1S/C18H13BrFNO/c19-16-9-8-14(11-17(16)20)15-7-4-10-21-18(15)22-12-13-5-2-1-3-6-13/h1-11H,12H2. The molecule has 1 heterocycles. The van der Waals surface area contributed by atoms with Crippen LogP contribution in [0.15, 0.2) is 71.3 Å². The van der Waals surface area contributed by atoms with Gasteiger partial charge in [0.1, 0.15) is 12.4 Å². The van der Waals surface area contributed by atoms with Crippen LogP contribution in [0.3, 0.4) is 0 Å². The molecule has 0 N–H and O–H groups in total. The van der Waals surface area contributed by atoms with E-state index in [1.807, 2.05) is 48.5 Å². The molecule has 0 aliphatic carbocycles. The molecule has 0 radical (unpaired) electrons. The average Bonchev–Trinajstić information content (AvgIpc) is 2.57. The summed E-state index contributed by atoms with van der Waals surface area (Å²) in [6.45, 7) is 0.420. The summed E-state index contributed by atoms with van der Waals surface area (Å²) in [5.41, 5.74) is 2.56. The van der Waals surface area contributed by atoms with Crippen molar-refractivity contribution in [2.45, 2.75) is 6.61 Å². The maximum absolute atomic E-state index is 13.7. The van der Waals surface area contributed by atoms with Crippen LogP contribution < -0.4 is 4.74 Å². The van der Waals surface area contributed by atoms with Crippen LogP contribution in [0.25, 0.3) is 11.1 Å². The van der Waals surface area contributed by atoms with Crippen LogP contribution in [-0.4, -0.2) is 4.98 Å². The van der Waals surface area contributed by atoms with E-state index in [0.717, 1.165) is 16.7 Å². The van der Waals surface area contributed by atoms with E-state index in [-0.39, 0.29) is 5.82 Å². The molecule has 2 aromatic carbocycles. The van der Waals surface area contributed by atoms with Crippen molar-refractivity contribution in [2.24, 2.45) is 0 Å². The van der Waals surface area contributed by atoms with Gasteiger partial charge in [-0.15, -0.1) is 0 Å². The molecule has 1 aromatic heterocycles. The Morgan fingerprint density at radius 2 is 1.82 bits per heavy atom. The van der Waals surface area contributed by atoms with Crippen molar-refractivity contribution in [1.82, 2.24) is 4.98 Å². The van der Waals surface area contributed by atoms with Crippen LogP contribution in [0.1, 0.15) is 5.56 Å². The largest absolute Gasteiger partial charge is 0.472 e. The molecule has 3 aromatic rings. The van der Waals surface area contributed by atoms with E-state index in [1.165, 1.54) is 6.07 Å². The van der Waals surface area contributed by atoms with Crippen molar-refractivity contribution in [2.75, 3.05) is 0 Å². The van der Waals surface area contributed by atoms with Gasteiger partial charge in [0.15, 0.2) is 0 Å². The maximum atomic E-state index is 13.7. The van der Waals surface area contributed by atoms with Gasteiger partial charge in [-0.1, -0.05) is 36.4 Å². The van der Waals surface area contributed by atoms with Gasteiger partial charge in [-0.25, -0.2) is 9.37 Å². The highest BCUT2D eigenvalue weighted by atomic mass is 79.9. The number of hydrogen-bond acceptors (Lipinski definition) is 2. The molecule has 2 nitrogen and oxygen atoms in total. The minimum absolute atomic E-state index is 0.310. The molecule has 110 valence electrons. The number of nitrogens with zero attached hydrogens (tertiary/aromatic N) is 1. The molecule has 0 bridgehead atoms. The first-order chi connectivity index (χ1) is 10.7. The Morgan fingerprint density at radius 3 is 2.59 bits per heavy atom. The second-order valence-corrected chi connectivity index (χ2v) is 5.61. The molecule has 0 saturated carbocycles. The second kappa shape index (κ2) is 6.71. The third-order valence-corrected chi connectivity index (χ3v) is 3.86. The molecule has 0 atom stereocenters. The van der Waals surface area contributed by atoms with Crippen LogP contribution >= 0.6 is 15.9 Å². The third kappa shape index (κ3) is 3.34. The predicted molar refractivity (Wildman–Crippen MR) is 88.1 cm³/mol. The van der Waals surface area contributed by atoms with E-state index in [2.05, 4.69) is 20.9 Å². The summed E-state index contributed by atoms with van der Waals surface area (Å²) in [4.78, 5) is 4.27. The van der Waals surface area contributed by atoms with E-state index in [1.54, 1.807) is 12.3 Å². The van der Waals surface area contributed by atoms with Crippen molar-refractivity contribution >= 4 is 15.9 Å². The summed E-state index contributed by atoms with van der Waals surface area (Å²) < 4.78 is 20.0. The minimum Gasteiger partial charge on any atom is -0.472 e. The highest BCUT2D eigenvalue weighted by Crippen LogP contribution is 2.30. The topological polar surface area (TPSA) is 22.1 Å². The molecule has 0 unspecified atom stereocenters. The van der Waals surface area contributed by atoms with Gasteiger partial charge < -0.3 is 4.74 Å². The van der Waals surface area contributed by atoms with Gasteiger partial charge in [0, 0.05) is 11.8 Å². The Morgan fingerprint density at radius 1 is 1.00 bits per heavy atom. The summed E-state index contributed by atoms with van der Waals surface area (Å²) in [5.74, 6) is 0.184. The first kappa shape index (κ1) is 14.7. The number of aromatic nitrogens is 1. The van der Waals surface area contributed by atoms with Crippen LogP contribution in [0.5, 0.6) is 5.88 Å². The van der Waals surface area contributed by atoms with Gasteiger partial charge in [-0.2, -0.15) is 0 Å². The first-order valence-corrected chi connectivity index (χ1v) is 7.60. The van der Waals surface area contributed by atoms with Gasteiger partial charge in [-0.05, 0) is 51.3 Å². The molecule has 0 aliphatic heterocycles. The molecule has 0 spiro atoms. The lowest BCUT2D eigenvalue weighted by atomic mass is 10.1. The monoisotopic (exact) mass is 357 g/mol. The van der Waals surface area contributed by atoms with Crippen LogP contribution in [0.4, 0.5) is 4.39 Å². The van der Waals surface area contributed by atoms with Crippen molar-refractivity contribution in [3.63, 3.8) is 0 Å². The maximum Gasteiger partial charge on any atom is 0.221 e. The highest BCUT2D eigenvalue weighted by Gasteiger charge is 2.10. The molecular formula is C18H13BrFNO. The van der Waals surface area contributed by atoms with Gasteiger partial charge >= 0.3 is 0 Å². The van der Waals surface area contributed by atoms with Crippen molar-refractivity contribution in [1.29, 1.82) is 0 Å². The lowest BCUT2D eigenvalue weighted by Gasteiger charge is -2.11. The first-order valence-electron chi connectivity index (χ1n) is 6.81. The molecule has 0 fully saturated rings. The molecule has 22 heavy (non-hydrogen) atoms. The fourth-order valence-corrected chi connectivity index (χ4v) is 2.36. The molecule has 4 heteroatoms. The SMILES string of the molecule is Fc1cc(-c2cccnc2OCc2ccccc2)ccc1Br. The summed E-state index contributed by atoms with van der Waals surface area (Å²) in [6, 6.07) is 18.5. The number of halogens is 2. The van der Waals surface area contributed by atoms with Gasteiger partial charge in [0.25, 0.3) is 0 Å². The zero-order valence-corrected chi connectivity index (χ0v) is 13.3. The van der Waals surface area contributed by atoms with E-state index in [4.69, 9.17) is 4.74 Å². The number of rotatable bonds is 4. The smallest absolute Gasteiger partial charge is 0.221 e. The highest BCUT2D eigenvalue weighted by molar-refractivity contribution is 9.10. The average molecular weight is 358 g/mol. The Labute approximate surface area is 136 Å². The van der Waals surface area contributed by atoms with Gasteiger partial charge in [0.05, 0.1) is 4.47 Å². The second-order valence-electron chi connectivity index (χ2n) is 4.76. The van der Waals surface area contributed by atoms with Crippen LogP contribution in [0.2, 0.25) is 0 Å². The summed E-state index contributed by atoms with van der Waals surface area (Å²) in [7, 11) is 0. The van der Waals surface area contributed by atoms with Crippen LogP contribution in [0, 0.1) is 5.82 Å². The Bertz CT molecular complexity index is 777. The van der Waals surface area contributed by atoms with Gasteiger partial charge in [0.2, 0.25) is 5.88 Å². The van der Waals surface area contributed by atoms with Crippen LogP contribution in [-0.2, 0) is 6.61 Å². The fourth-order valence-electron chi connectivity index (χ4n) is 2.12. The van der Waals surface area contributed by atoms with E-state index in [9.17, 15) is 4.39 Å². The normalized spacial score (nSPS) is 10.5. The Kier molecular flexibility index (Phi) is 4.49. The molecule has 3 rings (SSSR count). The zero-order valence-electron chi connectivity index (χ0n) is 11.7. The number of pyridine rings is 1. The Hall–Kier alpha value is -2.20. The van der Waals surface area contributed by atoms with Crippen molar-refractivity contribution < 1.29 is 9.13 Å². The third-order valence-electron chi connectivity index (χ3n) is 3.22. The predicted octanol–water partition coefficient (Wildman–Crippen LogP) is 5.23. The zero-order chi connectivity index (χ0) is 15.4. The van der Waals surface area contributed by atoms with E-state index < -0.39 is 0 Å². The molecule has 0 aliphatic rings. The molecule has 0 saturated heterocycles. The quantitative estimate of drug-likeness (QED) is 0.637. The van der Waals surface area contributed by atoms with Crippen molar-refractivity contribution in [3.05, 3.63) is 82.7 Å². The Balaban J connectivity index is 1.88.